The number of anilines is 4. The number of amides is 1. The van der Waals surface area contributed by atoms with Gasteiger partial charge in [0.1, 0.15) is 5.82 Å². The molecule has 0 aliphatic heterocycles. The molecule has 5 rings (SSSR count). The van der Waals surface area contributed by atoms with Crippen molar-refractivity contribution in [3.05, 3.63) is 95.8 Å². The van der Waals surface area contributed by atoms with Crippen LogP contribution in [0.3, 0.4) is 0 Å². The van der Waals surface area contributed by atoms with Crippen LogP contribution in [0.2, 0.25) is 0 Å². The zero-order chi connectivity index (χ0) is 27.9. The van der Waals surface area contributed by atoms with Crippen LogP contribution in [-0.2, 0) is 12.4 Å². The number of carbonyl (C=O) groups excluding carboxylic acids is 1. The van der Waals surface area contributed by atoms with Crippen LogP contribution in [0.15, 0.2) is 79.1 Å². The normalized spacial score (nSPS) is 12.1. The van der Waals surface area contributed by atoms with E-state index >= 15 is 0 Å². The first-order valence-corrected chi connectivity index (χ1v) is 11.3. The molecular weight excluding hydrogens is 524 g/mol. The molecule has 39 heavy (non-hydrogen) atoms. The maximum Gasteiger partial charge on any atom is 0.417 e. The van der Waals surface area contributed by atoms with E-state index < -0.39 is 35.0 Å². The monoisotopic (exact) mass is 541 g/mol. The van der Waals surface area contributed by atoms with Crippen LogP contribution < -0.4 is 16.4 Å². The number of nitrogen functional groups attached to an aromatic ring is 1. The Kier molecular flexibility index (Phi) is 6.25. The summed E-state index contributed by atoms with van der Waals surface area (Å²) in [5.74, 6) is -1.33. The predicted molar refractivity (Wildman–Crippen MR) is 136 cm³/mol. The minimum absolute atomic E-state index is 0.0713. The van der Waals surface area contributed by atoms with E-state index in [9.17, 15) is 31.1 Å². The van der Waals surface area contributed by atoms with Crippen molar-refractivity contribution >= 4 is 50.5 Å². The highest BCUT2D eigenvalue weighted by molar-refractivity contribution is 6.11. The Labute approximate surface area is 216 Å². The van der Waals surface area contributed by atoms with Crippen molar-refractivity contribution in [1.82, 2.24) is 9.97 Å². The molecule has 0 radical (unpaired) electrons. The van der Waals surface area contributed by atoms with Crippen molar-refractivity contribution in [2.45, 2.75) is 12.4 Å². The highest BCUT2D eigenvalue weighted by Gasteiger charge is 2.39. The Bertz CT molecular complexity index is 1730. The summed E-state index contributed by atoms with van der Waals surface area (Å²) in [5.41, 5.74) is 4.19. The van der Waals surface area contributed by atoms with Gasteiger partial charge in [-0.15, -0.1) is 0 Å². The van der Waals surface area contributed by atoms with Crippen molar-refractivity contribution < 1.29 is 31.1 Å². The third-order valence-electron chi connectivity index (χ3n) is 6.01. The molecule has 0 spiro atoms. The molecule has 0 aliphatic carbocycles. The number of fused-ring (bicyclic) bond motifs is 2. The lowest BCUT2D eigenvalue weighted by molar-refractivity contribution is -0.143. The predicted octanol–water partition coefficient (Wildman–Crippen LogP) is 7.40. The molecule has 4 N–H and O–H groups in total. The van der Waals surface area contributed by atoms with Gasteiger partial charge >= 0.3 is 12.4 Å². The first kappa shape index (κ1) is 25.8. The summed E-state index contributed by atoms with van der Waals surface area (Å²) in [5, 5.41) is 7.30. The lowest BCUT2D eigenvalue weighted by atomic mass is 10.0. The third kappa shape index (κ3) is 5.00. The molecule has 0 fully saturated rings. The summed E-state index contributed by atoms with van der Waals surface area (Å²) in [4.78, 5) is 21.3. The van der Waals surface area contributed by atoms with Gasteiger partial charge in [-0.1, -0.05) is 24.3 Å². The summed E-state index contributed by atoms with van der Waals surface area (Å²) in [6, 6.07) is 14.6. The number of nitrogens with zero attached hydrogens (tertiary/aromatic N) is 2. The van der Waals surface area contributed by atoms with Gasteiger partial charge in [0.05, 0.1) is 27.9 Å². The number of hydrogen-bond acceptors (Lipinski definition) is 5. The molecule has 0 saturated heterocycles. The molecule has 6 nitrogen and oxygen atoms in total. The van der Waals surface area contributed by atoms with E-state index in [2.05, 4.69) is 20.6 Å². The van der Waals surface area contributed by atoms with Gasteiger partial charge < -0.3 is 16.4 Å². The van der Waals surface area contributed by atoms with Crippen molar-refractivity contribution in [3.63, 3.8) is 0 Å². The fourth-order valence-electron chi connectivity index (χ4n) is 4.20. The van der Waals surface area contributed by atoms with Gasteiger partial charge in [-0.3, -0.25) is 9.78 Å². The quantitative estimate of drug-likeness (QED) is 0.163. The third-order valence-corrected chi connectivity index (χ3v) is 6.01. The van der Waals surface area contributed by atoms with Gasteiger partial charge in [0.25, 0.3) is 5.91 Å². The molecule has 0 atom stereocenters. The Morgan fingerprint density at radius 1 is 0.744 bits per heavy atom. The van der Waals surface area contributed by atoms with Gasteiger partial charge in [0, 0.05) is 39.9 Å². The largest absolute Gasteiger partial charge is 0.417 e. The van der Waals surface area contributed by atoms with Crippen LogP contribution in [0.25, 0.3) is 21.7 Å². The van der Waals surface area contributed by atoms with Crippen molar-refractivity contribution in [3.8, 4) is 0 Å². The number of nitrogens with two attached hydrogens (primary N) is 1. The van der Waals surface area contributed by atoms with Gasteiger partial charge in [-0.05, 0) is 42.5 Å². The minimum atomic E-state index is -5.20. The minimum Gasteiger partial charge on any atom is -0.397 e. The van der Waals surface area contributed by atoms with Gasteiger partial charge in [0.15, 0.2) is 0 Å². The maximum atomic E-state index is 13.6. The van der Waals surface area contributed by atoms with E-state index in [-0.39, 0.29) is 11.9 Å². The number of hydrogen-bond donors (Lipinski definition) is 3. The van der Waals surface area contributed by atoms with Crippen LogP contribution >= 0.6 is 0 Å². The second kappa shape index (κ2) is 9.46. The number of nitrogens with one attached hydrogen (secondary N) is 2. The number of benzene rings is 3. The Hall–Kier alpha value is -4.87. The van der Waals surface area contributed by atoms with E-state index in [1.54, 1.807) is 48.7 Å². The molecule has 12 heteroatoms. The molecule has 198 valence electrons. The molecule has 0 bridgehead atoms. The highest BCUT2D eigenvalue weighted by Crippen LogP contribution is 2.38. The Morgan fingerprint density at radius 2 is 1.44 bits per heavy atom. The number of alkyl halides is 6. The number of halogens is 6. The molecule has 5 aromatic rings. The van der Waals surface area contributed by atoms with Crippen LogP contribution in [0.5, 0.6) is 0 Å². The summed E-state index contributed by atoms with van der Waals surface area (Å²) < 4.78 is 79.8. The maximum absolute atomic E-state index is 13.6. The fourth-order valence-corrected chi connectivity index (χ4v) is 4.20. The molecule has 2 aromatic heterocycles. The summed E-state index contributed by atoms with van der Waals surface area (Å²) in [6.45, 7) is 0. The van der Waals surface area contributed by atoms with Crippen molar-refractivity contribution in [1.29, 1.82) is 0 Å². The van der Waals surface area contributed by atoms with E-state index in [4.69, 9.17) is 5.73 Å². The van der Waals surface area contributed by atoms with Crippen LogP contribution in [0, 0.1) is 0 Å². The van der Waals surface area contributed by atoms with E-state index in [0.717, 1.165) is 5.39 Å². The standard InChI is InChI=1S/C27H17F6N5O/c28-26(29,30)14-7-8-17(19(13-14)27(31,32)33)25(39)38-24-16-3-2-6-21(15(16)9-11-36-24)37-22-10-12-35-23-18(22)4-1-5-20(23)34/h1-13H,34H2,(H,35,37)(H,36,38,39). The lowest BCUT2D eigenvalue weighted by Gasteiger charge is -2.17. The first-order valence-electron chi connectivity index (χ1n) is 11.3. The number of pyridine rings is 2. The molecule has 0 aliphatic rings. The summed E-state index contributed by atoms with van der Waals surface area (Å²) >= 11 is 0. The van der Waals surface area contributed by atoms with E-state index in [1.165, 1.54) is 6.20 Å². The summed E-state index contributed by atoms with van der Waals surface area (Å²) in [6.07, 6.45) is -7.28. The number of aromatic nitrogens is 2. The van der Waals surface area contributed by atoms with Gasteiger partial charge in [0.2, 0.25) is 0 Å². The zero-order valence-corrected chi connectivity index (χ0v) is 19.7. The molecular formula is C27H17F6N5O. The number of carbonyl (C=O) groups is 1. The lowest BCUT2D eigenvalue weighted by Crippen LogP contribution is -2.20. The van der Waals surface area contributed by atoms with Crippen LogP contribution in [0.1, 0.15) is 21.5 Å². The zero-order valence-electron chi connectivity index (χ0n) is 19.7. The van der Waals surface area contributed by atoms with Crippen LogP contribution in [-0.4, -0.2) is 15.9 Å². The molecule has 2 heterocycles. The van der Waals surface area contributed by atoms with E-state index in [1.807, 2.05) is 6.07 Å². The smallest absolute Gasteiger partial charge is 0.397 e. The molecule has 0 saturated carbocycles. The van der Waals surface area contributed by atoms with E-state index in [0.29, 0.717) is 45.5 Å². The Balaban J connectivity index is 1.52. The number of para-hydroxylation sites is 1. The number of rotatable bonds is 4. The van der Waals surface area contributed by atoms with Gasteiger partial charge in [-0.25, -0.2) is 4.98 Å². The molecule has 3 aromatic carbocycles. The second-order valence-corrected chi connectivity index (χ2v) is 8.50. The topological polar surface area (TPSA) is 92.9 Å². The van der Waals surface area contributed by atoms with Crippen LogP contribution in [0.4, 0.5) is 49.2 Å². The average Bonchev–Trinajstić information content (AvgIpc) is 2.88. The summed E-state index contributed by atoms with van der Waals surface area (Å²) in [7, 11) is 0. The fraction of sp³-hybridized carbons (Fsp3) is 0.0741. The second-order valence-electron chi connectivity index (χ2n) is 8.50. The Morgan fingerprint density at radius 3 is 2.18 bits per heavy atom. The van der Waals surface area contributed by atoms with Crippen molar-refractivity contribution in [2.24, 2.45) is 0 Å². The SMILES string of the molecule is Nc1cccc2c(Nc3cccc4c(NC(=O)c5ccc(C(F)(F)F)cc5C(F)(F)F)nccc34)ccnc12. The molecule has 1 amide bonds. The average molecular weight is 541 g/mol. The molecule has 0 unspecified atom stereocenters. The first-order chi connectivity index (χ1) is 18.4. The van der Waals surface area contributed by atoms with Crippen molar-refractivity contribution in [2.75, 3.05) is 16.4 Å². The van der Waals surface area contributed by atoms with Gasteiger partial charge in [-0.2, -0.15) is 26.3 Å². The highest BCUT2D eigenvalue weighted by atomic mass is 19.4.